The first-order valence-electron chi connectivity index (χ1n) is 13.0. The highest BCUT2D eigenvalue weighted by molar-refractivity contribution is 7.59. The summed E-state index contributed by atoms with van der Waals surface area (Å²) in [5.41, 5.74) is 4.62. The van der Waals surface area contributed by atoms with Gasteiger partial charge in [-0.25, -0.2) is 0 Å². The van der Waals surface area contributed by atoms with E-state index >= 15 is 0 Å². The molecule has 0 aliphatic heterocycles. The van der Waals surface area contributed by atoms with Gasteiger partial charge >= 0.3 is 0 Å². The molecule has 1 heterocycles. The van der Waals surface area contributed by atoms with Crippen LogP contribution >= 0.6 is 7.92 Å². The Bertz CT molecular complexity index is 771. The van der Waals surface area contributed by atoms with Gasteiger partial charge in [0.25, 0.3) is 0 Å². The zero-order chi connectivity index (χ0) is 22.4. The highest BCUT2D eigenvalue weighted by Crippen LogP contribution is 2.66. The summed E-state index contributed by atoms with van der Waals surface area (Å²) in [5.74, 6) is 0.442. The second kappa shape index (κ2) is 11.3. The van der Waals surface area contributed by atoms with E-state index in [-0.39, 0.29) is 13.5 Å². The molecule has 0 saturated heterocycles. The molecule has 1 aromatic heterocycles. The Hall–Kier alpha value is -1.24. The standard InChI is InChI=1S/C29H43N2P/c1-29(2,3)31(23-24-15-7-4-8-16-24)28(27-21-13-14-22-30-27)32(25-17-9-5-10-18-25)26-19-11-6-12-20-26/h4,7-8,13-16,21-22,25-26,28H,5-6,9-12,17-20,23H2,1-3H3. The molecule has 2 aliphatic carbocycles. The SMILES string of the molecule is CC(C)(C)N(Cc1ccccc1)C(c1ccccn1)P(C1CCCCC1)C1CCCCC1. The van der Waals surface area contributed by atoms with E-state index in [4.69, 9.17) is 4.98 Å². The summed E-state index contributed by atoms with van der Waals surface area (Å²) in [6.07, 6.45) is 16.4. The van der Waals surface area contributed by atoms with Crippen molar-refractivity contribution in [2.45, 2.75) is 114 Å². The molecule has 2 aliphatic rings. The van der Waals surface area contributed by atoms with E-state index in [9.17, 15) is 0 Å². The number of benzene rings is 1. The van der Waals surface area contributed by atoms with Crippen LogP contribution in [0.4, 0.5) is 0 Å². The molecule has 2 saturated carbocycles. The van der Waals surface area contributed by atoms with Crippen LogP contribution in [0.2, 0.25) is 0 Å². The first-order valence-corrected chi connectivity index (χ1v) is 14.6. The Balaban J connectivity index is 1.78. The third-order valence-electron chi connectivity index (χ3n) is 7.58. The predicted octanol–water partition coefficient (Wildman–Crippen LogP) is 8.53. The van der Waals surface area contributed by atoms with Crippen molar-refractivity contribution in [1.82, 2.24) is 9.88 Å². The first-order chi connectivity index (χ1) is 15.5. The van der Waals surface area contributed by atoms with E-state index in [1.165, 1.54) is 75.5 Å². The van der Waals surface area contributed by atoms with E-state index in [0.717, 1.165) is 17.9 Å². The number of rotatable bonds is 7. The molecule has 1 aromatic carbocycles. The van der Waals surface area contributed by atoms with Crippen molar-refractivity contribution in [2.75, 3.05) is 0 Å². The third-order valence-corrected chi connectivity index (χ3v) is 11.4. The fourth-order valence-electron chi connectivity index (χ4n) is 5.93. The largest absolute Gasteiger partial charge is 0.282 e. The molecule has 32 heavy (non-hydrogen) atoms. The summed E-state index contributed by atoms with van der Waals surface area (Å²) < 4.78 is 0. The van der Waals surface area contributed by atoms with Crippen molar-refractivity contribution < 1.29 is 0 Å². The molecule has 1 unspecified atom stereocenters. The number of pyridine rings is 1. The molecular weight excluding hydrogens is 407 g/mol. The summed E-state index contributed by atoms with van der Waals surface area (Å²) in [7, 11) is -0.173. The summed E-state index contributed by atoms with van der Waals surface area (Å²) in [6, 6.07) is 17.8. The van der Waals surface area contributed by atoms with Crippen molar-refractivity contribution in [2.24, 2.45) is 0 Å². The molecule has 2 fully saturated rings. The maximum atomic E-state index is 5.04. The van der Waals surface area contributed by atoms with Gasteiger partial charge in [-0.1, -0.05) is 82.8 Å². The summed E-state index contributed by atoms with van der Waals surface area (Å²) in [6.45, 7) is 8.26. The monoisotopic (exact) mass is 450 g/mol. The maximum absolute atomic E-state index is 5.04. The van der Waals surface area contributed by atoms with Crippen LogP contribution in [-0.4, -0.2) is 26.7 Å². The van der Waals surface area contributed by atoms with Crippen LogP contribution < -0.4 is 0 Å². The predicted molar refractivity (Wildman–Crippen MR) is 139 cm³/mol. The molecular formula is C29H43N2P. The van der Waals surface area contributed by atoms with E-state index in [1.54, 1.807) is 0 Å². The van der Waals surface area contributed by atoms with Crippen LogP contribution in [0.5, 0.6) is 0 Å². The minimum Gasteiger partial charge on any atom is -0.282 e. The van der Waals surface area contributed by atoms with Crippen molar-refractivity contribution in [3.8, 4) is 0 Å². The quantitative estimate of drug-likeness (QED) is 0.393. The van der Waals surface area contributed by atoms with Crippen molar-refractivity contribution in [3.63, 3.8) is 0 Å². The molecule has 0 spiro atoms. The van der Waals surface area contributed by atoms with Gasteiger partial charge in [0.15, 0.2) is 0 Å². The number of hydrogen-bond acceptors (Lipinski definition) is 2. The third kappa shape index (κ3) is 6.00. The minimum atomic E-state index is -0.173. The minimum absolute atomic E-state index is 0.0853. The maximum Gasteiger partial charge on any atom is 0.0732 e. The zero-order valence-corrected chi connectivity index (χ0v) is 21.4. The van der Waals surface area contributed by atoms with Gasteiger partial charge < -0.3 is 0 Å². The first kappa shape index (κ1) is 23.9. The van der Waals surface area contributed by atoms with Crippen LogP contribution in [0.3, 0.4) is 0 Å². The van der Waals surface area contributed by atoms with Crippen LogP contribution in [0.25, 0.3) is 0 Å². The average Bonchev–Trinajstić information content (AvgIpc) is 2.83. The lowest BCUT2D eigenvalue weighted by molar-refractivity contribution is 0.107. The molecule has 4 rings (SSSR count). The number of nitrogens with zero attached hydrogens (tertiary/aromatic N) is 2. The molecule has 2 nitrogen and oxygen atoms in total. The average molecular weight is 451 g/mol. The lowest BCUT2D eigenvalue weighted by Crippen LogP contribution is -2.45. The molecule has 0 N–H and O–H groups in total. The second-order valence-corrected chi connectivity index (χ2v) is 13.8. The van der Waals surface area contributed by atoms with Gasteiger partial charge in [0.05, 0.1) is 11.5 Å². The lowest BCUT2D eigenvalue weighted by atomic mass is 9.99. The molecule has 1 atom stereocenters. The van der Waals surface area contributed by atoms with Gasteiger partial charge in [-0.05, 0) is 75.5 Å². The molecule has 3 heteroatoms. The van der Waals surface area contributed by atoms with Gasteiger partial charge in [0.2, 0.25) is 0 Å². The molecule has 2 aromatic rings. The Kier molecular flexibility index (Phi) is 8.41. The highest BCUT2D eigenvalue weighted by atomic mass is 31.1. The van der Waals surface area contributed by atoms with E-state index < -0.39 is 0 Å². The number of aromatic nitrogens is 1. The Labute approximate surface area is 198 Å². The van der Waals surface area contributed by atoms with Crippen LogP contribution in [0.1, 0.15) is 102 Å². The molecule has 0 radical (unpaired) electrons. The van der Waals surface area contributed by atoms with E-state index in [2.05, 4.69) is 74.2 Å². The Morgan fingerprint density at radius 3 is 1.88 bits per heavy atom. The molecule has 174 valence electrons. The van der Waals surface area contributed by atoms with Gasteiger partial charge in [-0.15, -0.1) is 0 Å². The van der Waals surface area contributed by atoms with E-state index in [1.807, 2.05) is 6.20 Å². The number of hydrogen-bond donors (Lipinski definition) is 0. The van der Waals surface area contributed by atoms with E-state index in [0.29, 0.717) is 5.78 Å². The molecule has 0 amide bonds. The van der Waals surface area contributed by atoms with Crippen molar-refractivity contribution in [3.05, 3.63) is 66.0 Å². The normalized spacial score (nSPS) is 20.0. The van der Waals surface area contributed by atoms with Gasteiger partial charge in [0, 0.05) is 18.3 Å². The fraction of sp³-hybridized carbons (Fsp3) is 0.621. The topological polar surface area (TPSA) is 16.1 Å². The van der Waals surface area contributed by atoms with Crippen LogP contribution in [0, 0.1) is 0 Å². The van der Waals surface area contributed by atoms with Gasteiger partial charge in [-0.3, -0.25) is 9.88 Å². The van der Waals surface area contributed by atoms with Crippen LogP contribution in [0.15, 0.2) is 54.7 Å². The Morgan fingerprint density at radius 2 is 1.38 bits per heavy atom. The van der Waals surface area contributed by atoms with Gasteiger partial charge in [0.1, 0.15) is 0 Å². The Morgan fingerprint density at radius 1 is 0.812 bits per heavy atom. The fourth-order valence-corrected chi connectivity index (χ4v) is 10.5. The van der Waals surface area contributed by atoms with Crippen molar-refractivity contribution in [1.29, 1.82) is 0 Å². The van der Waals surface area contributed by atoms with Crippen molar-refractivity contribution >= 4 is 7.92 Å². The smallest absolute Gasteiger partial charge is 0.0732 e. The summed E-state index contributed by atoms with van der Waals surface area (Å²) in [5, 5.41) is 0. The van der Waals surface area contributed by atoms with Crippen LogP contribution in [-0.2, 0) is 6.54 Å². The summed E-state index contributed by atoms with van der Waals surface area (Å²) >= 11 is 0. The second-order valence-electron chi connectivity index (χ2n) is 10.9. The van der Waals surface area contributed by atoms with Gasteiger partial charge in [-0.2, -0.15) is 0 Å². The zero-order valence-electron chi connectivity index (χ0n) is 20.5. The highest BCUT2D eigenvalue weighted by Gasteiger charge is 2.43. The lowest BCUT2D eigenvalue weighted by Gasteiger charge is -2.50. The summed E-state index contributed by atoms with van der Waals surface area (Å²) in [4.78, 5) is 7.87. The molecule has 0 bridgehead atoms.